The molecule has 2 rings (SSSR count). The number of halogens is 1. The Kier molecular flexibility index (Phi) is 1.96. The summed E-state index contributed by atoms with van der Waals surface area (Å²) in [6.45, 7) is 0. The first-order chi connectivity index (χ1) is 6.59. The number of phenols is 1. The fraction of sp³-hybridized carbons (Fsp3) is 0. The quantitative estimate of drug-likeness (QED) is 0.823. The standard InChI is InChI=1S/C9H5BrO4/c10-8-7(9(12)13)5-3-4(11)1-2-6(5)14-8/h1-3,11H,(H,12,13). The summed E-state index contributed by atoms with van der Waals surface area (Å²) in [5.74, 6) is -1.09. The van der Waals surface area contributed by atoms with E-state index in [1.807, 2.05) is 0 Å². The molecule has 0 atom stereocenters. The van der Waals surface area contributed by atoms with Crippen molar-refractivity contribution in [2.24, 2.45) is 0 Å². The number of phenolic OH excluding ortho intramolecular Hbond substituents is 1. The Hall–Kier alpha value is -1.49. The van der Waals surface area contributed by atoms with Crippen molar-refractivity contribution in [3.05, 3.63) is 28.4 Å². The van der Waals surface area contributed by atoms with Gasteiger partial charge < -0.3 is 14.6 Å². The minimum Gasteiger partial charge on any atom is -0.508 e. The van der Waals surface area contributed by atoms with E-state index in [1.165, 1.54) is 18.2 Å². The number of furan rings is 1. The molecule has 1 aromatic carbocycles. The van der Waals surface area contributed by atoms with Gasteiger partial charge in [0.05, 0.1) is 0 Å². The van der Waals surface area contributed by atoms with E-state index in [4.69, 9.17) is 9.52 Å². The molecule has 0 fully saturated rings. The first-order valence-electron chi connectivity index (χ1n) is 3.74. The summed E-state index contributed by atoms with van der Waals surface area (Å²) in [7, 11) is 0. The van der Waals surface area contributed by atoms with Crippen molar-refractivity contribution in [2.45, 2.75) is 0 Å². The van der Waals surface area contributed by atoms with Gasteiger partial charge in [-0.2, -0.15) is 0 Å². The Bertz CT molecular complexity index is 515. The van der Waals surface area contributed by atoms with Crippen LogP contribution in [0.25, 0.3) is 11.0 Å². The van der Waals surface area contributed by atoms with Gasteiger partial charge in [-0.3, -0.25) is 0 Å². The molecule has 72 valence electrons. The zero-order chi connectivity index (χ0) is 10.3. The second-order valence-corrected chi connectivity index (χ2v) is 3.46. The van der Waals surface area contributed by atoms with Crippen LogP contribution in [-0.2, 0) is 0 Å². The summed E-state index contributed by atoms with van der Waals surface area (Å²) in [6, 6.07) is 4.30. The van der Waals surface area contributed by atoms with E-state index < -0.39 is 5.97 Å². The molecule has 4 nitrogen and oxygen atoms in total. The Balaban J connectivity index is 2.86. The third-order valence-corrected chi connectivity index (χ3v) is 2.40. The molecule has 0 aliphatic rings. The van der Waals surface area contributed by atoms with Gasteiger partial charge in [0.25, 0.3) is 0 Å². The molecule has 0 bridgehead atoms. The Morgan fingerprint density at radius 3 is 2.79 bits per heavy atom. The molecule has 14 heavy (non-hydrogen) atoms. The van der Waals surface area contributed by atoms with Crippen molar-refractivity contribution in [3.8, 4) is 5.75 Å². The van der Waals surface area contributed by atoms with Gasteiger partial charge in [0.2, 0.25) is 0 Å². The minimum atomic E-state index is -1.10. The number of carboxylic acid groups (broad SMARTS) is 1. The van der Waals surface area contributed by atoms with Crippen LogP contribution in [0.1, 0.15) is 10.4 Å². The molecule has 1 heterocycles. The maximum Gasteiger partial charge on any atom is 0.340 e. The Labute approximate surface area is 86.9 Å². The smallest absolute Gasteiger partial charge is 0.340 e. The molecule has 0 aliphatic heterocycles. The van der Waals surface area contributed by atoms with Crippen LogP contribution in [0.4, 0.5) is 0 Å². The average molecular weight is 257 g/mol. The van der Waals surface area contributed by atoms with Crippen molar-refractivity contribution in [2.75, 3.05) is 0 Å². The average Bonchev–Trinajstić information content (AvgIpc) is 2.40. The molecule has 1 aromatic heterocycles. The molecule has 0 amide bonds. The highest BCUT2D eigenvalue weighted by molar-refractivity contribution is 9.10. The number of rotatable bonds is 1. The molecular formula is C9H5BrO4. The third kappa shape index (κ3) is 1.26. The topological polar surface area (TPSA) is 70.7 Å². The Morgan fingerprint density at radius 2 is 2.14 bits per heavy atom. The highest BCUT2D eigenvalue weighted by Gasteiger charge is 2.18. The highest BCUT2D eigenvalue weighted by Crippen LogP contribution is 2.31. The van der Waals surface area contributed by atoms with E-state index in [0.29, 0.717) is 11.0 Å². The van der Waals surface area contributed by atoms with Crippen LogP contribution in [-0.4, -0.2) is 16.2 Å². The van der Waals surface area contributed by atoms with Gasteiger partial charge in [-0.1, -0.05) is 0 Å². The van der Waals surface area contributed by atoms with Crippen LogP contribution in [0.3, 0.4) is 0 Å². The summed E-state index contributed by atoms with van der Waals surface area (Å²) < 4.78 is 5.30. The summed E-state index contributed by atoms with van der Waals surface area (Å²) >= 11 is 3.01. The summed E-state index contributed by atoms with van der Waals surface area (Å²) in [6.07, 6.45) is 0. The number of hydrogen-bond acceptors (Lipinski definition) is 3. The number of hydrogen-bond donors (Lipinski definition) is 2. The van der Waals surface area contributed by atoms with E-state index in [9.17, 15) is 9.90 Å². The number of aromatic hydroxyl groups is 1. The molecule has 0 saturated carbocycles. The molecule has 0 radical (unpaired) electrons. The van der Waals surface area contributed by atoms with Crippen LogP contribution >= 0.6 is 15.9 Å². The second-order valence-electron chi connectivity index (χ2n) is 2.74. The number of carbonyl (C=O) groups is 1. The summed E-state index contributed by atoms with van der Waals surface area (Å²) in [5, 5.41) is 18.4. The third-order valence-electron chi connectivity index (χ3n) is 1.84. The van der Waals surface area contributed by atoms with Gasteiger partial charge >= 0.3 is 5.97 Å². The molecule has 2 N–H and O–H groups in total. The Morgan fingerprint density at radius 1 is 1.43 bits per heavy atom. The number of carboxylic acids is 1. The van der Waals surface area contributed by atoms with Crippen LogP contribution < -0.4 is 0 Å². The van der Waals surface area contributed by atoms with E-state index in [0.717, 1.165) is 0 Å². The van der Waals surface area contributed by atoms with Crippen molar-refractivity contribution in [1.29, 1.82) is 0 Å². The van der Waals surface area contributed by atoms with Crippen molar-refractivity contribution >= 4 is 32.9 Å². The number of fused-ring (bicyclic) bond motifs is 1. The summed E-state index contributed by atoms with van der Waals surface area (Å²) in [5.41, 5.74) is 0.447. The lowest BCUT2D eigenvalue weighted by atomic mass is 10.2. The normalized spacial score (nSPS) is 10.6. The molecule has 2 aromatic rings. The molecule has 0 saturated heterocycles. The first kappa shape index (κ1) is 9.08. The van der Waals surface area contributed by atoms with Gasteiger partial charge in [0.1, 0.15) is 16.9 Å². The lowest BCUT2D eigenvalue weighted by Crippen LogP contribution is -1.94. The van der Waals surface area contributed by atoms with Crippen LogP contribution in [0.5, 0.6) is 5.75 Å². The monoisotopic (exact) mass is 256 g/mol. The minimum absolute atomic E-state index is 0.00769. The van der Waals surface area contributed by atoms with Gasteiger partial charge in [-0.25, -0.2) is 4.79 Å². The highest BCUT2D eigenvalue weighted by atomic mass is 79.9. The lowest BCUT2D eigenvalue weighted by molar-refractivity contribution is 0.0696. The lowest BCUT2D eigenvalue weighted by Gasteiger charge is -1.92. The van der Waals surface area contributed by atoms with Crippen molar-refractivity contribution in [1.82, 2.24) is 0 Å². The van der Waals surface area contributed by atoms with Gasteiger partial charge in [0.15, 0.2) is 4.67 Å². The zero-order valence-electron chi connectivity index (χ0n) is 6.82. The predicted octanol–water partition coefficient (Wildman–Crippen LogP) is 2.60. The van der Waals surface area contributed by atoms with Gasteiger partial charge in [-0.05, 0) is 34.1 Å². The van der Waals surface area contributed by atoms with Crippen molar-refractivity contribution < 1.29 is 19.4 Å². The van der Waals surface area contributed by atoms with Crippen molar-refractivity contribution in [3.63, 3.8) is 0 Å². The fourth-order valence-corrected chi connectivity index (χ4v) is 1.81. The molecular weight excluding hydrogens is 252 g/mol. The molecule has 0 aliphatic carbocycles. The molecule has 5 heteroatoms. The maximum absolute atomic E-state index is 10.8. The molecule has 0 unspecified atom stereocenters. The second kappa shape index (κ2) is 3.02. The fourth-order valence-electron chi connectivity index (χ4n) is 1.26. The predicted molar refractivity (Wildman–Crippen MR) is 52.5 cm³/mol. The van der Waals surface area contributed by atoms with E-state index in [2.05, 4.69) is 15.9 Å². The van der Waals surface area contributed by atoms with E-state index >= 15 is 0 Å². The van der Waals surface area contributed by atoms with Crippen LogP contribution in [0.15, 0.2) is 27.3 Å². The maximum atomic E-state index is 10.8. The number of aromatic carboxylic acids is 1. The summed E-state index contributed by atoms with van der Waals surface area (Å²) in [4.78, 5) is 10.8. The van der Waals surface area contributed by atoms with Gasteiger partial charge in [-0.15, -0.1) is 0 Å². The van der Waals surface area contributed by atoms with E-state index in [-0.39, 0.29) is 16.0 Å². The SMILES string of the molecule is O=C(O)c1c(Br)oc2ccc(O)cc12. The zero-order valence-corrected chi connectivity index (χ0v) is 8.41. The van der Waals surface area contributed by atoms with E-state index in [1.54, 1.807) is 0 Å². The van der Waals surface area contributed by atoms with Crippen LogP contribution in [0.2, 0.25) is 0 Å². The number of benzene rings is 1. The molecule has 0 spiro atoms. The van der Waals surface area contributed by atoms with Gasteiger partial charge in [0, 0.05) is 5.39 Å². The largest absolute Gasteiger partial charge is 0.508 e. The van der Waals surface area contributed by atoms with Crippen LogP contribution in [0, 0.1) is 0 Å². The first-order valence-corrected chi connectivity index (χ1v) is 4.53.